The third-order valence-electron chi connectivity index (χ3n) is 5.62. The molecule has 1 aromatic heterocycles. The predicted octanol–water partition coefficient (Wildman–Crippen LogP) is 2.68. The van der Waals surface area contributed by atoms with Crippen LogP contribution in [0.15, 0.2) is 28.8 Å². The average molecular weight is 379 g/mol. The molecule has 0 saturated carbocycles. The third-order valence-corrected chi connectivity index (χ3v) is 5.62. The summed E-state index contributed by atoms with van der Waals surface area (Å²) in [5.41, 5.74) is 2.86. The first-order valence-corrected chi connectivity index (χ1v) is 8.94. The first-order valence-electron chi connectivity index (χ1n) is 8.94. The predicted molar refractivity (Wildman–Crippen MR) is 101 cm³/mol. The zero-order valence-electron chi connectivity index (χ0n) is 15.6. The number of aromatic nitrogens is 2. The Morgan fingerprint density at radius 1 is 1.23 bits per heavy atom. The van der Waals surface area contributed by atoms with Crippen LogP contribution in [0.3, 0.4) is 0 Å². The minimum atomic E-state index is 0. The molecule has 0 N–H and O–H groups in total. The van der Waals surface area contributed by atoms with Gasteiger partial charge in [-0.3, -0.25) is 9.80 Å². The Morgan fingerprint density at radius 2 is 2.04 bits per heavy atom. The Labute approximate surface area is 160 Å². The molecule has 0 radical (unpaired) electrons. The summed E-state index contributed by atoms with van der Waals surface area (Å²) in [6, 6.07) is 9.30. The quantitative estimate of drug-likeness (QED) is 0.797. The minimum absolute atomic E-state index is 0. The largest absolute Gasteiger partial charge is 0.377 e. The lowest BCUT2D eigenvalue weighted by Gasteiger charge is -2.27. The van der Waals surface area contributed by atoms with Crippen LogP contribution in [0.1, 0.15) is 28.9 Å². The van der Waals surface area contributed by atoms with Crippen LogP contribution in [-0.2, 0) is 17.9 Å². The number of nitrogens with zero attached hydrogens (tertiary/aromatic N) is 4. The Bertz CT molecular complexity index is 738. The molecule has 0 unspecified atom stereocenters. The van der Waals surface area contributed by atoms with E-state index in [1.165, 1.54) is 11.1 Å². The molecule has 0 aliphatic carbocycles. The van der Waals surface area contributed by atoms with Gasteiger partial charge in [-0.05, 0) is 36.9 Å². The van der Waals surface area contributed by atoms with Crippen molar-refractivity contribution in [3.05, 3.63) is 47.1 Å². The highest BCUT2D eigenvalue weighted by molar-refractivity contribution is 5.85. The summed E-state index contributed by atoms with van der Waals surface area (Å²) in [6.45, 7) is 6.68. The van der Waals surface area contributed by atoms with Gasteiger partial charge in [-0.1, -0.05) is 29.4 Å². The van der Waals surface area contributed by atoms with Crippen molar-refractivity contribution in [3.8, 4) is 0 Å². The van der Waals surface area contributed by atoms with Crippen molar-refractivity contribution >= 4 is 12.4 Å². The molecule has 2 fully saturated rings. The fourth-order valence-electron chi connectivity index (χ4n) is 4.60. The van der Waals surface area contributed by atoms with E-state index in [2.05, 4.69) is 58.2 Å². The van der Waals surface area contributed by atoms with E-state index in [4.69, 9.17) is 9.26 Å². The molecule has 2 aromatic rings. The van der Waals surface area contributed by atoms with Gasteiger partial charge in [0.1, 0.15) is 6.61 Å². The van der Waals surface area contributed by atoms with Crippen LogP contribution in [0.2, 0.25) is 0 Å². The highest BCUT2D eigenvalue weighted by Gasteiger charge is 2.46. The molecule has 2 aliphatic heterocycles. The molecule has 7 heteroatoms. The van der Waals surface area contributed by atoms with E-state index in [0.29, 0.717) is 36.2 Å². The highest BCUT2D eigenvalue weighted by Crippen LogP contribution is 2.45. The molecule has 0 amide bonds. The average Bonchev–Trinajstić information content (AvgIpc) is 3.24. The van der Waals surface area contributed by atoms with Gasteiger partial charge in [0, 0.05) is 32.8 Å². The van der Waals surface area contributed by atoms with Gasteiger partial charge in [-0.15, -0.1) is 12.4 Å². The molecule has 3 atom stereocenters. The van der Waals surface area contributed by atoms with Crippen molar-refractivity contribution in [2.45, 2.75) is 26.1 Å². The molecular formula is C19H27ClN4O2. The van der Waals surface area contributed by atoms with Crippen LogP contribution in [0.4, 0.5) is 0 Å². The van der Waals surface area contributed by atoms with E-state index in [0.717, 1.165) is 26.2 Å². The number of hydrogen-bond acceptors (Lipinski definition) is 6. The molecule has 26 heavy (non-hydrogen) atoms. The molecule has 0 bridgehead atoms. The van der Waals surface area contributed by atoms with Crippen LogP contribution in [-0.4, -0.2) is 53.7 Å². The van der Waals surface area contributed by atoms with Gasteiger partial charge in [-0.2, -0.15) is 4.98 Å². The van der Waals surface area contributed by atoms with E-state index >= 15 is 0 Å². The molecule has 1 aromatic carbocycles. The maximum Gasteiger partial charge on any atom is 0.240 e. The molecule has 2 aliphatic rings. The van der Waals surface area contributed by atoms with Crippen LogP contribution < -0.4 is 0 Å². The van der Waals surface area contributed by atoms with Crippen molar-refractivity contribution in [2.75, 3.05) is 33.8 Å². The fourth-order valence-corrected chi connectivity index (χ4v) is 4.60. The number of likely N-dealkylation sites (tertiary alicyclic amines) is 2. The zero-order valence-corrected chi connectivity index (χ0v) is 16.4. The zero-order chi connectivity index (χ0) is 17.4. The summed E-state index contributed by atoms with van der Waals surface area (Å²) < 4.78 is 10.4. The third kappa shape index (κ3) is 3.64. The molecule has 0 spiro atoms. The highest BCUT2D eigenvalue weighted by atomic mass is 35.5. The second-order valence-corrected chi connectivity index (χ2v) is 7.40. The van der Waals surface area contributed by atoms with Crippen molar-refractivity contribution in [2.24, 2.45) is 11.8 Å². The summed E-state index contributed by atoms with van der Waals surface area (Å²) in [6.07, 6.45) is 0. The van der Waals surface area contributed by atoms with E-state index < -0.39 is 0 Å². The van der Waals surface area contributed by atoms with Crippen molar-refractivity contribution in [3.63, 3.8) is 0 Å². The number of ether oxygens (including phenoxy) is 1. The Balaban J connectivity index is 0.00000196. The lowest BCUT2D eigenvalue weighted by atomic mass is 9.88. The van der Waals surface area contributed by atoms with Crippen molar-refractivity contribution in [1.82, 2.24) is 19.9 Å². The van der Waals surface area contributed by atoms with E-state index in [1.54, 1.807) is 7.11 Å². The summed E-state index contributed by atoms with van der Waals surface area (Å²) in [4.78, 5) is 9.39. The summed E-state index contributed by atoms with van der Waals surface area (Å²) in [7, 11) is 3.90. The molecular weight excluding hydrogens is 352 g/mol. The Morgan fingerprint density at radius 3 is 2.81 bits per heavy atom. The second-order valence-electron chi connectivity index (χ2n) is 7.40. The van der Waals surface area contributed by atoms with Crippen LogP contribution >= 0.6 is 12.4 Å². The summed E-state index contributed by atoms with van der Waals surface area (Å²) in [5, 5.41) is 3.96. The number of methoxy groups -OCH3 is 1. The summed E-state index contributed by atoms with van der Waals surface area (Å²) >= 11 is 0. The molecule has 3 heterocycles. The smallest absolute Gasteiger partial charge is 0.240 e. The Kier molecular flexibility index (Phi) is 5.97. The van der Waals surface area contributed by atoms with Crippen molar-refractivity contribution in [1.29, 1.82) is 0 Å². The van der Waals surface area contributed by atoms with Crippen LogP contribution in [0.5, 0.6) is 0 Å². The molecule has 2 saturated heterocycles. The number of halogens is 1. The lowest BCUT2D eigenvalue weighted by Crippen LogP contribution is -2.29. The van der Waals surface area contributed by atoms with Gasteiger partial charge in [0.05, 0.1) is 6.54 Å². The number of aryl methyl sites for hydroxylation is 1. The van der Waals surface area contributed by atoms with Gasteiger partial charge < -0.3 is 9.26 Å². The summed E-state index contributed by atoms with van der Waals surface area (Å²) in [5.74, 6) is 2.67. The van der Waals surface area contributed by atoms with Gasteiger partial charge in [0.2, 0.25) is 5.89 Å². The topological polar surface area (TPSA) is 54.6 Å². The van der Waals surface area contributed by atoms with Gasteiger partial charge in [0.15, 0.2) is 5.82 Å². The van der Waals surface area contributed by atoms with Gasteiger partial charge >= 0.3 is 0 Å². The Hall–Kier alpha value is -1.47. The van der Waals surface area contributed by atoms with Gasteiger partial charge in [-0.25, -0.2) is 0 Å². The molecule has 142 valence electrons. The molecule has 4 rings (SSSR count). The maximum atomic E-state index is 5.36. The number of hydrogen-bond donors (Lipinski definition) is 0. The van der Waals surface area contributed by atoms with E-state index in [1.807, 2.05) is 0 Å². The SMILES string of the molecule is COCc1noc(CN2C[C@@H]3CN(C)[C@@H](c4ccccc4C)[C@@H]3C2)n1.Cl. The second kappa shape index (κ2) is 8.05. The number of benzene rings is 1. The standard InChI is InChI=1S/C19H26N4O2.ClH/c1-13-6-4-5-7-15(13)19-16-10-23(9-14(16)8-22(19)2)11-18-20-17(12-24-3)21-25-18;/h4-7,14,16,19H,8-12H2,1-3H3;1H/t14-,16+,19-;/m0./s1. The first-order chi connectivity index (χ1) is 12.2. The monoisotopic (exact) mass is 378 g/mol. The molecule has 6 nitrogen and oxygen atoms in total. The van der Waals surface area contributed by atoms with Gasteiger partial charge in [0.25, 0.3) is 0 Å². The van der Waals surface area contributed by atoms with E-state index in [9.17, 15) is 0 Å². The van der Waals surface area contributed by atoms with Crippen molar-refractivity contribution < 1.29 is 9.26 Å². The minimum Gasteiger partial charge on any atom is -0.377 e. The first kappa shape index (κ1) is 19.3. The maximum absolute atomic E-state index is 5.36. The normalized spacial score (nSPS) is 26.0. The fraction of sp³-hybridized carbons (Fsp3) is 0.579. The van der Waals surface area contributed by atoms with Crippen LogP contribution in [0, 0.1) is 18.8 Å². The number of rotatable bonds is 5. The van der Waals surface area contributed by atoms with E-state index in [-0.39, 0.29) is 12.4 Å². The number of fused-ring (bicyclic) bond motifs is 1. The van der Waals surface area contributed by atoms with Crippen LogP contribution in [0.25, 0.3) is 0 Å². The lowest BCUT2D eigenvalue weighted by molar-refractivity contribution is 0.174.